The molecular formula is C20H27N5O3. The molecule has 1 aromatic heterocycles. The van der Waals surface area contributed by atoms with E-state index in [-0.39, 0.29) is 24.9 Å². The van der Waals surface area contributed by atoms with Gasteiger partial charge in [0.15, 0.2) is 0 Å². The molecule has 2 aromatic rings. The molecule has 8 heteroatoms. The highest BCUT2D eigenvalue weighted by molar-refractivity contribution is 5.81. The Morgan fingerprint density at radius 3 is 2.68 bits per heavy atom. The fourth-order valence-electron chi connectivity index (χ4n) is 3.06. The van der Waals surface area contributed by atoms with Crippen LogP contribution in [0.5, 0.6) is 0 Å². The number of hydrogen-bond acceptors (Lipinski definition) is 5. The van der Waals surface area contributed by atoms with Crippen molar-refractivity contribution in [2.45, 2.75) is 6.42 Å². The zero-order valence-corrected chi connectivity index (χ0v) is 16.2. The number of hydrogen-bond donors (Lipinski definition) is 1. The third-order valence-electron chi connectivity index (χ3n) is 4.58. The number of carbonyl (C=O) groups excluding carboxylic acids is 2. The maximum atomic E-state index is 12.2. The first-order valence-corrected chi connectivity index (χ1v) is 9.51. The number of nitrogens with zero attached hydrogens (tertiary/aromatic N) is 4. The Morgan fingerprint density at radius 1 is 1.18 bits per heavy atom. The van der Waals surface area contributed by atoms with E-state index in [1.165, 1.54) is 0 Å². The predicted octanol–water partition coefficient (Wildman–Crippen LogP) is 0.322. The van der Waals surface area contributed by atoms with Gasteiger partial charge in [0.25, 0.3) is 0 Å². The van der Waals surface area contributed by atoms with E-state index >= 15 is 0 Å². The van der Waals surface area contributed by atoms with E-state index in [0.717, 1.165) is 11.3 Å². The van der Waals surface area contributed by atoms with E-state index in [2.05, 4.69) is 10.4 Å². The molecule has 0 bridgehead atoms. The molecule has 0 atom stereocenters. The third-order valence-corrected chi connectivity index (χ3v) is 4.58. The van der Waals surface area contributed by atoms with E-state index in [4.69, 9.17) is 4.74 Å². The van der Waals surface area contributed by atoms with E-state index in [9.17, 15) is 9.59 Å². The highest BCUT2D eigenvalue weighted by Gasteiger charge is 2.19. The molecule has 8 nitrogen and oxygen atoms in total. The molecule has 150 valence electrons. The Labute approximate surface area is 165 Å². The molecule has 1 N–H and O–H groups in total. The number of rotatable bonds is 8. The first-order valence-electron chi connectivity index (χ1n) is 9.51. The number of aromatic nitrogens is 2. The molecule has 2 amide bonds. The molecule has 28 heavy (non-hydrogen) atoms. The van der Waals surface area contributed by atoms with Gasteiger partial charge in [-0.15, -0.1) is 0 Å². The van der Waals surface area contributed by atoms with Gasteiger partial charge in [0.05, 0.1) is 38.2 Å². The van der Waals surface area contributed by atoms with Crippen LogP contribution >= 0.6 is 0 Å². The molecule has 0 saturated carbocycles. The molecule has 3 rings (SSSR count). The van der Waals surface area contributed by atoms with Gasteiger partial charge in [-0.2, -0.15) is 5.10 Å². The summed E-state index contributed by atoms with van der Waals surface area (Å²) in [5.74, 6) is -0.0559. The van der Waals surface area contributed by atoms with Crippen LogP contribution in [0.4, 0.5) is 0 Å². The highest BCUT2D eigenvalue weighted by atomic mass is 16.5. The molecule has 1 fully saturated rings. The number of para-hydroxylation sites is 1. The van der Waals surface area contributed by atoms with Gasteiger partial charge in [-0.25, -0.2) is 4.68 Å². The zero-order valence-electron chi connectivity index (χ0n) is 16.2. The Kier molecular flexibility index (Phi) is 7.16. The van der Waals surface area contributed by atoms with Crippen molar-refractivity contribution in [3.05, 3.63) is 48.3 Å². The SMILES string of the molecule is CN(CC(=O)NCCc1cnn(-c2ccccc2)c1)CC(=O)N1CCOCC1. The van der Waals surface area contributed by atoms with Crippen LogP contribution in [0.3, 0.4) is 0 Å². The van der Waals surface area contributed by atoms with Crippen LogP contribution in [0.25, 0.3) is 5.69 Å². The molecule has 1 saturated heterocycles. The standard InChI is InChI=1S/C20H27N5O3/c1-23(16-20(27)24-9-11-28-12-10-24)15-19(26)21-8-7-17-13-22-25(14-17)18-5-3-2-4-6-18/h2-6,13-14H,7-12,15-16H2,1H3,(H,21,26). The second-order valence-corrected chi connectivity index (χ2v) is 6.89. The minimum absolute atomic E-state index is 0.0342. The Morgan fingerprint density at radius 2 is 1.93 bits per heavy atom. The second kappa shape index (κ2) is 10.0. The molecule has 1 aliphatic heterocycles. The predicted molar refractivity (Wildman–Crippen MR) is 105 cm³/mol. The first-order chi connectivity index (χ1) is 13.6. The number of nitrogens with one attached hydrogen (secondary N) is 1. The average molecular weight is 385 g/mol. The van der Waals surface area contributed by atoms with E-state index in [0.29, 0.717) is 39.3 Å². The lowest BCUT2D eigenvalue weighted by Crippen LogP contribution is -2.46. The van der Waals surface area contributed by atoms with Gasteiger partial charge >= 0.3 is 0 Å². The van der Waals surface area contributed by atoms with E-state index in [1.807, 2.05) is 47.4 Å². The van der Waals surface area contributed by atoms with Crippen LogP contribution in [0.2, 0.25) is 0 Å². The van der Waals surface area contributed by atoms with Crippen molar-refractivity contribution in [3.63, 3.8) is 0 Å². The summed E-state index contributed by atoms with van der Waals surface area (Å²) in [7, 11) is 1.78. The molecule has 0 radical (unpaired) electrons. The van der Waals surface area contributed by atoms with Gasteiger partial charge < -0.3 is 15.0 Å². The average Bonchev–Trinajstić information content (AvgIpc) is 3.18. The minimum atomic E-state index is -0.0901. The first kappa shape index (κ1) is 20.0. The summed E-state index contributed by atoms with van der Waals surface area (Å²) in [6.07, 6.45) is 4.48. The molecule has 1 aromatic carbocycles. The second-order valence-electron chi connectivity index (χ2n) is 6.89. The maximum absolute atomic E-state index is 12.2. The van der Waals surface area contributed by atoms with Crippen molar-refractivity contribution >= 4 is 11.8 Å². The van der Waals surface area contributed by atoms with Gasteiger partial charge in [-0.1, -0.05) is 18.2 Å². The maximum Gasteiger partial charge on any atom is 0.236 e. The van der Waals surface area contributed by atoms with Crippen molar-refractivity contribution in [1.82, 2.24) is 24.9 Å². The van der Waals surface area contributed by atoms with Crippen LogP contribution in [-0.2, 0) is 20.7 Å². The largest absolute Gasteiger partial charge is 0.378 e. The summed E-state index contributed by atoms with van der Waals surface area (Å²) in [6, 6.07) is 9.89. The highest BCUT2D eigenvalue weighted by Crippen LogP contribution is 2.07. The fraction of sp³-hybridized carbons (Fsp3) is 0.450. The summed E-state index contributed by atoms with van der Waals surface area (Å²) in [4.78, 5) is 27.8. The Bertz CT molecular complexity index is 771. The number of likely N-dealkylation sites (N-methyl/N-ethyl adjacent to an activating group) is 1. The monoisotopic (exact) mass is 385 g/mol. The number of ether oxygens (including phenoxy) is 1. The fourth-order valence-corrected chi connectivity index (χ4v) is 3.06. The van der Waals surface area contributed by atoms with Crippen molar-refractivity contribution in [1.29, 1.82) is 0 Å². The summed E-state index contributed by atoms with van der Waals surface area (Å²) >= 11 is 0. The number of benzene rings is 1. The molecule has 0 spiro atoms. The van der Waals surface area contributed by atoms with Crippen LogP contribution in [0.1, 0.15) is 5.56 Å². The molecule has 0 aliphatic carbocycles. The van der Waals surface area contributed by atoms with Crippen molar-refractivity contribution in [2.24, 2.45) is 0 Å². The van der Waals surface area contributed by atoms with Crippen molar-refractivity contribution in [3.8, 4) is 5.69 Å². The van der Waals surface area contributed by atoms with Gasteiger partial charge in [0.2, 0.25) is 11.8 Å². The number of amides is 2. The third kappa shape index (κ3) is 5.90. The van der Waals surface area contributed by atoms with Crippen LogP contribution in [-0.4, -0.2) is 84.4 Å². The van der Waals surface area contributed by atoms with E-state index < -0.39 is 0 Å². The van der Waals surface area contributed by atoms with Crippen LogP contribution in [0, 0.1) is 0 Å². The van der Waals surface area contributed by atoms with Crippen molar-refractivity contribution < 1.29 is 14.3 Å². The smallest absolute Gasteiger partial charge is 0.236 e. The van der Waals surface area contributed by atoms with Crippen LogP contribution < -0.4 is 5.32 Å². The summed E-state index contributed by atoms with van der Waals surface area (Å²) < 4.78 is 7.07. The summed E-state index contributed by atoms with van der Waals surface area (Å²) in [5, 5.41) is 7.26. The minimum Gasteiger partial charge on any atom is -0.378 e. The van der Waals surface area contributed by atoms with Crippen LogP contribution in [0.15, 0.2) is 42.7 Å². The van der Waals surface area contributed by atoms with Gasteiger partial charge in [-0.05, 0) is 31.2 Å². The lowest BCUT2D eigenvalue weighted by Gasteiger charge is -2.28. The summed E-state index contributed by atoms with van der Waals surface area (Å²) in [5.41, 5.74) is 2.06. The van der Waals surface area contributed by atoms with Gasteiger partial charge in [0.1, 0.15) is 0 Å². The molecule has 0 unspecified atom stereocenters. The molecule has 1 aliphatic rings. The number of morpholine rings is 1. The normalized spacial score (nSPS) is 14.3. The topological polar surface area (TPSA) is 79.7 Å². The zero-order chi connectivity index (χ0) is 19.8. The van der Waals surface area contributed by atoms with Gasteiger partial charge in [0, 0.05) is 25.8 Å². The van der Waals surface area contributed by atoms with E-state index in [1.54, 1.807) is 16.8 Å². The van der Waals surface area contributed by atoms with Crippen molar-refractivity contribution in [2.75, 3.05) is 53.0 Å². The Hall–Kier alpha value is -2.71. The lowest BCUT2D eigenvalue weighted by molar-refractivity contribution is -0.136. The summed E-state index contributed by atoms with van der Waals surface area (Å²) in [6.45, 7) is 3.36. The quantitative estimate of drug-likeness (QED) is 0.708. The number of carbonyl (C=O) groups is 2. The lowest BCUT2D eigenvalue weighted by atomic mass is 10.2. The molecule has 2 heterocycles. The Balaban J connectivity index is 1.36. The van der Waals surface area contributed by atoms with Gasteiger partial charge in [-0.3, -0.25) is 14.5 Å². The molecular weight excluding hydrogens is 358 g/mol.